The molecule has 2 aliphatic rings. The summed E-state index contributed by atoms with van der Waals surface area (Å²) in [6, 6.07) is 15.0. The van der Waals surface area contributed by atoms with Crippen LogP contribution in [0.3, 0.4) is 0 Å². The Morgan fingerprint density at radius 2 is 1.65 bits per heavy atom. The van der Waals surface area contributed by atoms with E-state index in [0.29, 0.717) is 38.3 Å². The van der Waals surface area contributed by atoms with Crippen molar-refractivity contribution >= 4 is 33.8 Å². The molecule has 4 rings (SSSR count). The monoisotopic (exact) mass is 484 g/mol. The molecule has 0 aromatic heterocycles. The molecule has 0 spiro atoms. The molecule has 6 nitrogen and oxygen atoms in total. The second-order valence-corrected chi connectivity index (χ2v) is 8.55. The van der Waals surface area contributed by atoms with Crippen LogP contribution in [0.4, 0.5) is 0 Å². The summed E-state index contributed by atoms with van der Waals surface area (Å²) in [6.45, 7) is 3.44. The first-order valence-electron chi connectivity index (χ1n) is 10.4. The van der Waals surface area contributed by atoms with E-state index in [2.05, 4.69) is 15.9 Å². The van der Waals surface area contributed by atoms with E-state index in [1.165, 1.54) is 0 Å². The van der Waals surface area contributed by atoms with Gasteiger partial charge in [0.25, 0.3) is 5.91 Å². The number of ether oxygens (including phenoxy) is 2. The Kier molecular flexibility index (Phi) is 7.04. The second-order valence-electron chi connectivity index (χ2n) is 7.63. The van der Waals surface area contributed by atoms with Gasteiger partial charge in [0.1, 0.15) is 11.9 Å². The first-order chi connectivity index (χ1) is 15.1. The van der Waals surface area contributed by atoms with Crippen molar-refractivity contribution in [2.75, 3.05) is 39.4 Å². The van der Waals surface area contributed by atoms with E-state index in [0.717, 1.165) is 28.8 Å². The van der Waals surface area contributed by atoms with E-state index in [4.69, 9.17) is 9.47 Å². The highest BCUT2D eigenvalue weighted by molar-refractivity contribution is 9.10. The SMILES string of the molecule is O=C(/C=C/c1ccc(Br)cc1)N1CCN(C(=O)c2ccc(OC3CCOC3)cc2)CC1. The van der Waals surface area contributed by atoms with Crippen LogP contribution in [-0.2, 0) is 9.53 Å². The number of carbonyl (C=O) groups excluding carboxylic acids is 2. The summed E-state index contributed by atoms with van der Waals surface area (Å²) in [4.78, 5) is 28.9. The molecule has 7 heteroatoms. The standard InChI is InChI=1S/C24H25BrN2O4/c25-20-6-1-18(2-7-20)3-10-23(28)26-12-14-27(15-13-26)24(29)19-4-8-21(9-5-19)31-22-11-16-30-17-22/h1-10,22H,11-17H2/b10-3+. The number of piperazine rings is 1. The van der Waals surface area contributed by atoms with Crippen molar-refractivity contribution in [3.05, 3.63) is 70.2 Å². The highest BCUT2D eigenvalue weighted by Crippen LogP contribution is 2.19. The number of hydrogen-bond donors (Lipinski definition) is 0. The fourth-order valence-corrected chi connectivity index (χ4v) is 3.90. The highest BCUT2D eigenvalue weighted by atomic mass is 79.9. The number of carbonyl (C=O) groups is 2. The van der Waals surface area contributed by atoms with Gasteiger partial charge in [0.15, 0.2) is 0 Å². The smallest absolute Gasteiger partial charge is 0.253 e. The molecular formula is C24H25BrN2O4. The van der Waals surface area contributed by atoms with E-state index in [1.807, 2.05) is 42.5 Å². The zero-order valence-corrected chi connectivity index (χ0v) is 18.8. The lowest BCUT2D eigenvalue weighted by molar-refractivity contribution is -0.127. The normalized spacial score (nSPS) is 19.1. The van der Waals surface area contributed by atoms with Crippen molar-refractivity contribution in [1.82, 2.24) is 9.80 Å². The molecule has 0 radical (unpaired) electrons. The maximum absolute atomic E-state index is 12.8. The number of halogens is 1. The summed E-state index contributed by atoms with van der Waals surface area (Å²) < 4.78 is 12.2. The second kappa shape index (κ2) is 10.1. The van der Waals surface area contributed by atoms with Crippen LogP contribution in [0.5, 0.6) is 5.75 Å². The summed E-state index contributed by atoms with van der Waals surface area (Å²) in [5, 5.41) is 0. The van der Waals surface area contributed by atoms with Gasteiger partial charge in [-0.05, 0) is 48.0 Å². The Morgan fingerprint density at radius 3 is 2.29 bits per heavy atom. The predicted octanol–water partition coefficient (Wildman–Crippen LogP) is 3.61. The molecule has 1 unspecified atom stereocenters. The lowest BCUT2D eigenvalue weighted by Crippen LogP contribution is -2.50. The maximum Gasteiger partial charge on any atom is 0.253 e. The van der Waals surface area contributed by atoms with E-state index in [9.17, 15) is 9.59 Å². The molecule has 2 fully saturated rings. The van der Waals surface area contributed by atoms with Crippen LogP contribution in [-0.4, -0.2) is 67.1 Å². The van der Waals surface area contributed by atoms with E-state index in [-0.39, 0.29) is 17.9 Å². The van der Waals surface area contributed by atoms with Gasteiger partial charge in [-0.25, -0.2) is 0 Å². The molecule has 2 amide bonds. The van der Waals surface area contributed by atoms with Gasteiger partial charge < -0.3 is 19.3 Å². The first kappa shape index (κ1) is 21.6. The minimum Gasteiger partial charge on any atom is -0.488 e. The average molecular weight is 485 g/mol. The number of nitrogens with zero attached hydrogens (tertiary/aromatic N) is 2. The summed E-state index contributed by atoms with van der Waals surface area (Å²) in [5.41, 5.74) is 1.60. The number of amides is 2. The van der Waals surface area contributed by atoms with Gasteiger partial charge in [-0.1, -0.05) is 28.1 Å². The summed E-state index contributed by atoms with van der Waals surface area (Å²) >= 11 is 3.40. The summed E-state index contributed by atoms with van der Waals surface area (Å²) in [7, 11) is 0. The minimum atomic E-state index is -0.0348. The van der Waals surface area contributed by atoms with Gasteiger partial charge in [0, 0.05) is 48.7 Å². The Balaban J connectivity index is 1.27. The van der Waals surface area contributed by atoms with Crippen molar-refractivity contribution < 1.29 is 19.1 Å². The number of benzene rings is 2. The lowest BCUT2D eigenvalue weighted by Gasteiger charge is -2.34. The third-order valence-electron chi connectivity index (χ3n) is 5.46. The van der Waals surface area contributed by atoms with Gasteiger partial charge in [-0.15, -0.1) is 0 Å². The lowest BCUT2D eigenvalue weighted by atomic mass is 10.1. The molecule has 0 saturated carbocycles. The largest absolute Gasteiger partial charge is 0.488 e. The van der Waals surface area contributed by atoms with Crippen molar-refractivity contribution in [3.63, 3.8) is 0 Å². The van der Waals surface area contributed by atoms with Crippen LogP contribution in [0.15, 0.2) is 59.1 Å². The van der Waals surface area contributed by atoms with Crippen LogP contribution in [0, 0.1) is 0 Å². The van der Waals surface area contributed by atoms with Crippen LogP contribution in [0.1, 0.15) is 22.3 Å². The summed E-state index contributed by atoms with van der Waals surface area (Å²) in [6.07, 6.45) is 4.38. The van der Waals surface area contributed by atoms with E-state index in [1.54, 1.807) is 28.0 Å². The van der Waals surface area contributed by atoms with Crippen LogP contribution >= 0.6 is 15.9 Å². The Hall–Kier alpha value is -2.64. The van der Waals surface area contributed by atoms with E-state index >= 15 is 0 Å². The van der Waals surface area contributed by atoms with Gasteiger partial charge in [-0.2, -0.15) is 0 Å². The molecule has 1 atom stereocenters. The van der Waals surface area contributed by atoms with Crippen molar-refractivity contribution in [3.8, 4) is 5.75 Å². The molecule has 2 aromatic carbocycles. The van der Waals surface area contributed by atoms with E-state index < -0.39 is 0 Å². The minimum absolute atomic E-state index is 0.0201. The van der Waals surface area contributed by atoms with Gasteiger partial charge in [-0.3, -0.25) is 9.59 Å². The topological polar surface area (TPSA) is 59.1 Å². The zero-order chi connectivity index (χ0) is 21.6. The third-order valence-corrected chi connectivity index (χ3v) is 5.99. The molecule has 0 aliphatic carbocycles. The third kappa shape index (κ3) is 5.74. The molecule has 2 saturated heterocycles. The molecule has 162 valence electrons. The van der Waals surface area contributed by atoms with Crippen molar-refractivity contribution in [1.29, 1.82) is 0 Å². The van der Waals surface area contributed by atoms with Crippen LogP contribution < -0.4 is 4.74 Å². The zero-order valence-electron chi connectivity index (χ0n) is 17.2. The molecule has 2 heterocycles. The van der Waals surface area contributed by atoms with Gasteiger partial charge >= 0.3 is 0 Å². The Morgan fingerprint density at radius 1 is 0.968 bits per heavy atom. The molecular weight excluding hydrogens is 460 g/mol. The fourth-order valence-electron chi connectivity index (χ4n) is 3.63. The van der Waals surface area contributed by atoms with Crippen molar-refractivity contribution in [2.45, 2.75) is 12.5 Å². The molecule has 2 aliphatic heterocycles. The number of rotatable bonds is 5. The number of hydrogen-bond acceptors (Lipinski definition) is 4. The first-order valence-corrected chi connectivity index (χ1v) is 11.2. The quantitative estimate of drug-likeness (QED) is 0.608. The molecule has 31 heavy (non-hydrogen) atoms. The molecule has 0 N–H and O–H groups in total. The Labute approximate surface area is 190 Å². The maximum atomic E-state index is 12.8. The van der Waals surface area contributed by atoms with Crippen molar-refractivity contribution in [2.24, 2.45) is 0 Å². The average Bonchev–Trinajstić information content (AvgIpc) is 3.32. The highest BCUT2D eigenvalue weighted by Gasteiger charge is 2.24. The predicted molar refractivity (Wildman–Crippen MR) is 122 cm³/mol. The van der Waals surface area contributed by atoms with Gasteiger partial charge in [0.05, 0.1) is 13.2 Å². The molecule has 2 aromatic rings. The summed E-state index contributed by atoms with van der Waals surface area (Å²) in [5.74, 6) is 0.695. The van der Waals surface area contributed by atoms with Crippen LogP contribution in [0.2, 0.25) is 0 Å². The van der Waals surface area contributed by atoms with Crippen LogP contribution in [0.25, 0.3) is 6.08 Å². The fraction of sp³-hybridized carbons (Fsp3) is 0.333. The van der Waals surface area contributed by atoms with Gasteiger partial charge in [0.2, 0.25) is 5.91 Å². The Bertz CT molecular complexity index is 929. The molecule has 0 bridgehead atoms.